The van der Waals surface area contributed by atoms with Crippen LogP contribution in [0.4, 0.5) is 0 Å². The summed E-state index contributed by atoms with van der Waals surface area (Å²) >= 11 is 0. The molecule has 2 rings (SSSR count). The number of carbonyl (C=O) groups is 1. The number of carbonyl (C=O) groups excluding carboxylic acids is 1. The standard InChI is InChI=1S/C17H27N3O4.C8H10N2O2/c1-17(2,3)24-15(21)12-20(9-10-23-4)11-13-5-7-14(8-6-13)16(18)19-22;9-8(10-12)7-3-1-2-6(4-7)5-11/h5-8,22H,9-12H2,1-4H3,(H2,18,19);1-4,11-12H,5H2,(H2,9,10). The Labute approximate surface area is 211 Å². The van der Waals surface area contributed by atoms with Gasteiger partial charge in [0.15, 0.2) is 11.7 Å². The van der Waals surface area contributed by atoms with E-state index in [0.717, 1.165) is 11.1 Å². The Morgan fingerprint density at radius 1 is 0.972 bits per heavy atom. The van der Waals surface area contributed by atoms with Crippen molar-refractivity contribution in [1.82, 2.24) is 4.90 Å². The maximum atomic E-state index is 12.0. The number of hydrogen-bond donors (Lipinski definition) is 5. The summed E-state index contributed by atoms with van der Waals surface area (Å²) in [6, 6.07) is 14.2. The fraction of sp³-hybridized carbons (Fsp3) is 0.400. The first-order valence-corrected chi connectivity index (χ1v) is 11.2. The van der Waals surface area contributed by atoms with Crippen molar-refractivity contribution in [1.29, 1.82) is 0 Å². The molecule has 0 radical (unpaired) electrons. The number of nitrogens with zero attached hydrogens (tertiary/aromatic N) is 3. The van der Waals surface area contributed by atoms with Crippen LogP contribution in [0.3, 0.4) is 0 Å². The topological polar surface area (TPSA) is 176 Å². The van der Waals surface area contributed by atoms with E-state index in [2.05, 4.69) is 10.3 Å². The third-order valence-electron chi connectivity index (χ3n) is 4.66. The van der Waals surface area contributed by atoms with Gasteiger partial charge in [0.25, 0.3) is 0 Å². The van der Waals surface area contributed by atoms with Crippen molar-refractivity contribution >= 4 is 17.6 Å². The molecule has 0 heterocycles. The summed E-state index contributed by atoms with van der Waals surface area (Å²) < 4.78 is 10.5. The van der Waals surface area contributed by atoms with Crippen molar-refractivity contribution in [2.75, 3.05) is 26.8 Å². The number of nitrogens with two attached hydrogens (primary N) is 2. The molecule has 0 bridgehead atoms. The second-order valence-corrected chi connectivity index (χ2v) is 8.82. The van der Waals surface area contributed by atoms with Gasteiger partial charge in [-0.1, -0.05) is 52.8 Å². The molecule has 0 aromatic heterocycles. The maximum Gasteiger partial charge on any atom is 0.320 e. The molecule has 0 aliphatic heterocycles. The SMILES string of the molecule is COCCN(CC(=O)OC(C)(C)C)Cc1ccc(C(N)=NO)cc1.NC(=NO)c1cccc(CO)c1. The lowest BCUT2D eigenvalue weighted by atomic mass is 10.1. The summed E-state index contributed by atoms with van der Waals surface area (Å²) in [4.78, 5) is 14.0. The van der Waals surface area contributed by atoms with E-state index in [0.29, 0.717) is 30.8 Å². The summed E-state index contributed by atoms with van der Waals surface area (Å²) in [6.45, 7) is 7.36. The number of aliphatic hydroxyl groups excluding tert-OH is 1. The fourth-order valence-corrected chi connectivity index (χ4v) is 2.97. The Morgan fingerprint density at radius 3 is 2.11 bits per heavy atom. The Hall–Kier alpha value is -3.67. The Bertz CT molecular complexity index is 1000. The van der Waals surface area contributed by atoms with Crippen molar-refractivity contribution in [2.24, 2.45) is 21.8 Å². The monoisotopic (exact) mass is 503 g/mol. The van der Waals surface area contributed by atoms with Crippen molar-refractivity contribution in [3.05, 3.63) is 70.8 Å². The molecule has 7 N–H and O–H groups in total. The van der Waals surface area contributed by atoms with Crippen molar-refractivity contribution in [3.8, 4) is 0 Å². The quantitative estimate of drug-likeness (QED) is 0.106. The van der Waals surface area contributed by atoms with Crippen LogP contribution in [0.1, 0.15) is 43.0 Å². The molecule has 0 atom stereocenters. The van der Waals surface area contributed by atoms with E-state index in [1.165, 1.54) is 0 Å². The molecule has 0 amide bonds. The maximum absolute atomic E-state index is 12.0. The molecule has 0 saturated carbocycles. The Morgan fingerprint density at radius 2 is 1.58 bits per heavy atom. The van der Waals surface area contributed by atoms with Gasteiger partial charge in [0, 0.05) is 31.3 Å². The first kappa shape index (κ1) is 30.4. The average molecular weight is 504 g/mol. The smallest absolute Gasteiger partial charge is 0.320 e. The van der Waals surface area contributed by atoms with Gasteiger partial charge in [-0.3, -0.25) is 9.69 Å². The second-order valence-electron chi connectivity index (χ2n) is 8.82. The predicted octanol–water partition coefficient (Wildman–Crippen LogP) is 1.84. The normalized spacial score (nSPS) is 12.2. The molecular weight excluding hydrogens is 466 g/mol. The molecule has 0 saturated heterocycles. The number of methoxy groups -OCH3 is 1. The van der Waals surface area contributed by atoms with Crippen LogP contribution >= 0.6 is 0 Å². The molecule has 0 aliphatic rings. The molecule has 36 heavy (non-hydrogen) atoms. The number of rotatable bonds is 10. The van der Waals surface area contributed by atoms with Gasteiger partial charge in [0.1, 0.15) is 5.60 Å². The van der Waals surface area contributed by atoms with Gasteiger partial charge in [0.2, 0.25) is 0 Å². The molecule has 0 fully saturated rings. The summed E-state index contributed by atoms with van der Waals surface area (Å²) in [7, 11) is 1.62. The molecule has 0 spiro atoms. The van der Waals surface area contributed by atoms with Gasteiger partial charge in [-0.15, -0.1) is 0 Å². The van der Waals surface area contributed by atoms with Crippen molar-refractivity contribution < 1.29 is 29.8 Å². The fourth-order valence-electron chi connectivity index (χ4n) is 2.97. The summed E-state index contributed by atoms with van der Waals surface area (Å²) in [5.41, 5.74) is 13.4. The highest BCUT2D eigenvalue weighted by Crippen LogP contribution is 2.11. The Kier molecular flexibility index (Phi) is 12.9. The number of aliphatic hydroxyl groups is 1. The molecule has 198 valence electrons. The van der Waals surface area contributed by atoms with Gasteiger partial charge < -0.3 is 36.5 Å². The highest BCUT2D eigenvalue weighted by Gasteiger charge is 2.19. The van der Waals surface area contributed by atoms with E-state index in [1.54, 1.807) is 43.5 Å². The molecule has 0 unspecified atom stereocenters. The number of hydrogen-bond acceptors (Lipinski definition) is 9. The number of amidine groups is 2. The largest absolute Gasteiger partial charge is 0.459 e. The highest BCUT2D eigenvalue weighted by molar-refractivity contribution is 5.97. The lowest BCUT2D eigenvalue weighted by molar-refractivity contribution is -0.156. The first-order chi connectivity index (χ1) is 17.0. The Balaban J connectivity index is 0.000000450. The molecule has 2 aromatic rings. The molecule has 11 heteroatoms. The lowest BCUT2D eigenvalue weighted by Gasteiger charge is -2.25. The van der Waals surface area contributed by atoms with Gasteiger partial charge in [-0.25, -0.2) is 0 Å². The number of benzene rings is 2. The van der Waals surface area contributed by atoms with Crippen molar-refractivity contribution in [2.45, 2.75) is 39.5 Å². The molecule has 11 nitrogen and oxygen atoms in total. The van der Waals surface area contributed by atoms with Gasteiger partial charge >= 0.3 is 5.97 Å². The third-order valence-corrected chi connectivity index (χ3v) is 4.66. The van der Waals surface area contributed by atoms with Crippen LogP contribution in [0.2, 0.25) is 0 Å². The number of esters is 1. The molecular formula is C25H37N5O6. The van der Waals surface area contributed by atoms with E-state index in [1.807, 2.05) is 37.8 Å². The van der Waals surface area contributed by atoms with Gasteiger partial charge in [0.05, 0.1) is 19.8 Å². The van der Waals surface area contributed by atoms with E-state index < -0.39 is 5.60 Å². The van der Waals surface area contributed by atoms with Crippen LogP contribution < -0.4 is 11.5 Å². The zero-order chi connectivity index (χ0) is 27.1. The highest BCUT2D eigenvalue weighted by atomic mass is 16.6. The summed E-state index contributed by atoms with van der Waals surface area (Å²) in [5, 5.41) is 31.6. The van der Waals surface area contributed by atoms with Crippen LogP contribution in [0, 0.1) is 0 Å². The van der Waals surface area contributed by atoms with E-state index >= 15 is 0 Å². The second kappa shape index (κ2) is 15.4. The zero-order valence-corrected chi connectivity index (χ0v) is 21.2. The predicted molar refractivity (Wildman–Crippen MR) is 137 cm³/mol. The number of oxime groups is 2. The van der Waals surface area contributed by atoms with Crippen LogP contribution in [-0.4, -0.2) is 70.5 Å². The minimum absolute atomic E-state index is 0.0466. The average Bonchev–Trinajstić information content (AvgIpc) is 2.86. The lowest BCUT2D eigenvalue weighted by Crippen LogP contribution is -2.36. The van der Waals surface area contributed by atoms with E-state index in [-0.39, 0.29) is 30.8 Å². The minimum Gasteiger partial charge on any atom is -0.459 e. The van der Waals surface area contributed by atoms with E-state index in [9.17, 15) is 4.79 Å². The van der Waals surface area contributed by atoms with Crippen molar-refractivity contribution in [3.63, 3.8) is 0 Å². The summed E-state index contributed by atoms with van der Waals surface area (Å²) in [5.74, 6) is -0.163. The van der Waals surface area contributed by atoms with E-state index in [4.69, 9.17) is 36.5 Å². The first-order valence-electron chi connectivity index (χ1n) is 11.2. The van der Waals surface area contributed by atoms with Gasteiger partial charge in [-0.05, 0) is 38.0 Å². The zero-order valence-electron chi connectivity index (χ0n) is 21.2. The number of ether oxygens (including phenoxy) is 2. The third kappa shape index (κ3) is 11.6. The minimum atomic E-state index is -0.507. The summed E-state index contributed by atoms with van der Waals surface area (Å²) in [6.07, 6.45) is 0. The van der Waals surface area contributed by atoms with Crippen LogP contribution in [0.5, 0.6) is 0 Å². The molecule has 2 aromatic carbocycles. The van der Waals surface area contributed by atoms with Crippen LogP contribution in [0.25, 0.3) is 0 Å². The molecule has 0 aliphatic carbocycles. The van der Waals surface area contributed by atoms with Crippen LogP contribution in [-0.2, 0) is 27.4 Å². The van der Waals surface area contributed by atoms with Gasteiger partial charge in [-0.2, -0.15) is 0 Å². The van der Waals surface area contributed by atoms with Crippen LogP contribution in [0.15, 0.2) is 58.8 Å².